The zero-order valence-electron chi connectivity index (χ0n) is 11.3. The number of alkyl halides is 1. The third-order valence-corrected chi connectivity index (χ3v) is 3.52. The highest BCUT2D eigenvalue weighted by molar-refractivity contribution is 6.22. The van der Waals surface area contributed by atoms with Crippen LogP contribution in [-0.2, 0) is 0 Å². The van der Waals surface area contributed by atoms with Crippen LogP contribution in [-0.4, -0.2) is 14.2 Å². The van der Waals surface area contributed by atoms with E-state index in [0.717, 1.165) is 12.1 Å². The maximum absolute atomic E-state index is 13.8. The molecular weight excluding hydrogens is 305 g/mol. The molecular formula is C15H12ClF3O2. The summed E-state index contributed by atoms with van der Waals surface area (Å²) in [5.41, 5.74) is 0.254. The Bertz CT molecular complexity index is 662. The standard InChI is InChI=1S/C15H12ClF3O2/c1-20-8-3-4-9(12(7-8)21-2)13(16)10-5-6-11(17)15(19)14(10)18/h3-7,13H,1-2H3. The maximum Gasteiger partial charge on any atom is 0.194 e. The maximum atomic E-state index is 13.8. The molecule has 0 radical (unpaired) electrons. The van der Waals surface area contributed by atoms with Crippen molar-refractivity contribution < 1.29 is 22.6 Å². The van der Waals surface area contributed by atoms with E-state index in [9.17, 15) is 13.2 Å². The third-order valence-electron chi connectivity index (χ3n) is 3.05. The lowest BCUT2D eigenvalue weighted by molar-refractivity contribution is 0.391. The van der Waals surface area contributed by atoms with Crippen molar-refractivity contribution in [3.05, 3.63) is 58.9 Å². The van der Waals surface area contributed by atoms with Gasteiger partial charge in [-0.05, 0) is 18.2 Å². The number of rotatable bonds is 4. The van der Waals surface area contributed by atoms with Crippen molar-refractivity contribution in [2.24, 2.45) is 0 Å². The molecule has 0 heterocycles. The predicted molar refractivity (Wildman–Crippen MR) is 73.6 cm³/mol. The summed E-state index contributed by atoms with van der Waals surface area (Å²) in [4.78, 5) is 0. The minimum Gasteiger partial charge on any atom is -0.497 e. The third kappa shape index (κ3) is 2.93. The van der Waals surface area contributed by atoms with Crippen LogP contribution in [0.5, 0.6) is 11.5 Å². The number of hydrogen-bond acceptors (Lipinski definition) is 2. The van der Waals surface area contributed by atoms with E-state index in [1.54, 1.807) is 18.2 Å². The second-order valence-corrected chi connectivity index (χ2v) is 4.67. The van der Waals surface area contributed by atoms with Gasteiger partial charge in [-0.3, -0.25) is 0 Å². The molecule has 0 bridgehead atoms. The Morgan fingerprint density at radius 2 is 1.57 bits per heavy atom. The average Bonchev–Trinajstić information content (AvgIpc) is 2.51. The van der Waals surface area contributed by atoms with Crippen LogP contribution in [0, 0.1) is 17.5 Å². The van der Waals surface area contributed by atoms with Gasteiger partial charge in [-0.2, -0.15) is 0 Å². The van der Waals surface area contributed by atoms with E-state index in [-0.39, 0.29) is 5.56 Å². The van der Waals surface area contributed by atoms with Gasteiger partial charge in [0.2, 0.25) is 0 Å². The van der Waals surface area contributed by atoms with Gasteiger partial charge in [0, 0.05) is 17.2 Å². The number of methoxy groups -OCH3 is 2. The zero-order chi connectivity index (χ0) is 15.6. The van der Waals surface area contributed by atoms with Gasteiger partial charge in [0.05, 0.1) is 19.6 Å². The fourth-order valence-corrected chi connectivity index (χ4v) is 2.28. The summed E-state index contributed by atoms with van der Waals surface area (Å²) >= 11 is 6.19. The number of ether oxygens (including phenoxy) is 2. The van der Waals surface area contributed by atoms with Gasteiger partial charge in [0.25, 0.3) is 0 Å². The number of hydrogen-bond donors (Lipinski definition) is 0. The lowest BCUT2D eigenvalue weighted by Crippen LogP contribution is -2.03. The fraction of sp³-hybridized carbons (Fsp3) is 0.200. The van der Waals surface area contributed by atoms with E-state index in [0.29, 0.717) is 17.1 Å². The second kappa shape index (κ2) is 6.26. The van der Waals surface area contributed by atoms with Crippen molar-refractivity contribution in [1.29, 1.82) is 0 Å². The molecule has 0 saturated carbocycles. The predicted octanol–water partition coefficient (Wildman–Crippen LogP) is 4.45. The van der Waals surface area contributed by atoms with Crippen LogP contribution in [0.15, 0.2) is 30.3 Å². The molecule has 1 atom stereocenters. The molecule has 0 saturated heterocycles. The Morgan fingerprint density at radius 3 is 2.19 bits per heavy atom. The molecule has 1 unspecified atom stereocenters. The summed E-state index contributed by atoms with van der Waals surface area (Å²) < 4.78 is 50.3. The van der Waals surface area contributed by atoms with Gasteiger partial charge in [0.1, 0.15) is 11.5 Å². The van der Waals surface area contributed by atoms with E-state index < -0.39 is 22.8 Å². The van der Waals surface area contributed by atoms with Crippen LogP contribution in [0.3, 0.4) is 0 Å². The monoisotopic (exact) mass is 316 g/mol. The van der Waals surface area contributed by atoms with Crippen molar-refractivity contribution in [2.45, 2.75) is 5.38 Å². The fourth-order valence-electron chi connectivity index (χ4n) is 1.93. The van der Waals surface area contributed by atoms with E-state index in [1.807, 2.05) is 0 Å². The minimum atomic E-state index is -1.55. The van der Waals surface area contributed by atoms with Crippen molar-refractivity contribution >= 4 is 11.6 Å². The summed E-state index contributed by atoms with van der Waals surface area (Å²) in [6, 6.07) is 6.71. The molecule has 0 aliphatic carbocycles. The van der Waals surface area contributed by atoms with E-state index >= 15 is 0 Å². The van der Waals surface area contributed by atoms with Crippen LogP contribution in [0.2, 0.25) is 0 Å². The van der Waals surface area contributed by atoms with Crippen molar-refractivity contribution in [1.82, 2.24) is 0 Å². The van der Waals surface area contributed by atoms with Crippen LogP contribution < -0.4 is 9.47 Å². The molecule has 21 heavy (non-hydrogen) atoms. The van der Waals surface area contributed by atoms with Gasteiger partial charge in [-0.25, -0.2) is 13.2 Å². The van der Waals surface area contributed by atoms with Gasteiger partial charge >= 0.3 is 0 Å². The average molecular weight is 317 g/mol. The molecule has 2 aromatic carbocycles. The van der Waals surface area contributed by atoms with Crippen LogP contribution in [0.25, 0.3) is 0 Å². The Kier molecular flexibility index (Phi) is 4.63. The SMILES string of the molecule is COc1ccc(C(Cl)c2ccc(F)c(F)c2F)c(OC)c1. The van der Waals surface area contributed by atoms with Crippen LogP contribution in [0.1, 0.15) is 16.5 Å². The van der Waals surface area contributed by atoms with Gasteiger partial charge in [0.15, 0.2) is 17.5 Å². The van der Waals surface area contributed by atoms with Gasteiger partial charge < -0.3 is 9.47 Å². The molecule has 0 aliphatic rings. The summed E-state index contributed by atoms with van der Waals surface area (Å²) in [6.45, 7) is 0. The first-order chi connectivity index (χ1) is 9.99. The van der Waals surface area contributed by atoms with E-state index in [4.69, 9.17) is 21.1 Å². The Labute approximate surface area is 125 Å². The number of halogens is 4. The molecule has 0 amide bonds. The molecule has 2 rings (SSSR count). The summed E-state index contributed by atoms with van der Waals surface area (Å²) in [5.74, 6) is -3.23. The molecule has 0 N–H and O–H groups in total. The largest absolute Gasteiger partial charge is 0.497 e. The second-order valence-electron chi connectivity index (χ2n) is 4.24. The first kappa shape index (κ1) is 15.5. The quantitative estimate of drug-likeness (QED) is 0.613. The lowest BCUT2D eigenvalue weighted by atomic mass is 10.0. The van der Waals surface area contributed by atoms with Crippen molar-refractivity contribution in [2.75, 3.05) is 14.2 Å². The van der Waals surface area contributed by atoms with Crippen molar-refractivity contribution in [3.8, 4) is 11.5 Å². The normalized spacial score (nSPS) is 12.1. The van der Waals surface area contributed by atoms with Gasteiger partial charge in [-0.15, -0.1) is 11.6 Å². The Balaban J connectivity index is 2.49. The van der Waals surface area contributed by atoms with Gasteiger partial charge in [-0.1, -0.05) is 6.07 Å². The molecule has 0 fully saturated rings. The topological polar surface area (TPSA) is 18.5 Å². The first-order valence-electron chi connectivity index (χ1n) is 5.99. The Morgan fingerprint density at radius 1 is 0.905 bits per heavy atom. The zero-order valence-corrected chi connectivity index (χ0v) is 12.0. The highest BCUT2D eigenvalue weighted by Crippen LogP contribution is 2.38. The molecule has 0 spiro atoms. The molecule has 2 nitrogen and oxygen atoms in total. The lowest BCUT2D eigenvalue weighted by Gasteiger charge is -2.16. The first-order valence-corrected chi connectivity index (χ1v) is 6.42. The summed E-state index contributed by atoms with van der Waals surface area (Å²) in [7, 11) is 2.91. The minimum absolute atomic E-state index is 0.168. The molecule has 0 aliphatic heterocycles. The summed E-state index contributed by atoms with van der Waals surface area (Å²) in [5, 5.41) is -1.03. The highest BCUT2D eigenvalue weighted by atomic mass is 35.5. The highest BCUT2D eigenvalue weighted by Gasteiger charge is 2.23. The molecule has 0 aromatic heterocycles. The Hall–Kier alpha value is -1.88. The molecule has 6 heteroatoms. The van der Waals surface area contributed by atoms with Crippen molar-refractivity contribution in [3.63, 3.8) is 0 Å². The van der Waals surface area contributed by atoms with Crippen LogP contribution in [0.4, 0.5) is 13.2 Å². The molecule has 2 aromatic rings. The smallest absolute Gasteiger partial charge is 0.194 e. The van der Waals surface area contributed by atoms with Crippen LogP contribution >= 0.6 is 11.6 Å². The van der Waals surface area contributed by atoms with E-state index in [1.165, 1.54) is 14.2 Å². The van der Waals surface area contributed by atoms with E-state index in [2.05, 4.69) is 0 Å². The summed E-state index contributed by atoms with van der Waals surface area (Å²) in [6.07, 6.45) is 0. The number of benzene rings is 2. The molecule has 112 valence electrons.